The second-order valence-corrected chi connectivity index (χ2v) is 17.9. The SMILES string of the molecule is [2H]C1C=CN(c2ccc3c(C4CCN(CC5(F)CCN(C(=O)c6ccc(C7CN(c8cc(-c9ccccc9O)nnc8N)CCO7)c(C)c6)CC5)CC4)cn(C4CCC4)c3c2)[C@H]([2H])N1. The van der Waals surface area contributed by atoms with Gasteiger partial charge in [0.25, 0.3) is 5.91 Å². The Morgan fingerprint density at radius 1 is 1.00 bits per heavy atom. The van der Waals surface area contributed by atoms with Gasteiger partial charge in [-0.2, -0.15) is 0 Å². The zero-order chi connectivity index (χ0) is 44.1. The number of nitrogens with two attached hydrogens (primary N) is 1. The number of nitrogens with one attached hydrogen (secondary N) is 1. The van der Waals surface area contributed by atoms with Crippen molar-refractivity contribution in [3.8, 4) is 17.0 Å². The number of phenols is 1. The molecule has 324 valence electrons. The molecule has 4 fully saturated rings. The van der Waals surface area contributed by atoms with Crippen molar-refractivity contribution in [2.45, 2.75) is 75.6 Å². The number of ether oxygens (including phenoxy) is 1. The van der Waals surface area contributed by atoms with Crippen LogP contribution in [0.5, 0.6) is 5.75 Å². The molecule has 3 aromatic carbocycles. The fraction of sp³-hybridized carbons (Fsp3) is 0.449. The fourth-order valence-electron chi connectivity index (χ4n) is 10.2. The van der Waals surface area contributed by atoms with E-state index in [2.05, 4.69) is 54.3 Å². The molecule has 0 bridgehead atoms. The molecule has 1 saturated carbocycles. The van der Waals surface area contributed by atoms with Crippen molar-refractivity contribution >= 4 is 34.0 Å². The largest absolute Gasteiger partial charge is 0.507 e. The maximum Gasteiger partial charge on any atom is 0.253 e. The molecule has 13 heteroatoms. The summed E-state index contributed by atoms with van der Waals surface area (Å²) in [5, 5.41) is 23.1. The van der Waals surface area contributed by atoms with E-state index in [0.717, 1.165) is 48.4 Å². The van der Waals surface area contributed by atoms with Crippen molar-refractivity contribution in [1.82, 2.24) is 29.9 Å². The number of nitrogens with zero attached hydrogens (tertiary/aromatic N) is 7. The van der Waals surface area contributed by atoms with Gasteiger partial charge in [0, 0.05) is 94.1 Å². The van der Waals surface area contributed by atoms with Crippen LogP contribution >= 0.6 is 0 Å². The molecule has 4 N–H and O–H groups in total. The van der Waals surface area contributed by atoms with Crippen molar-refractivity contribution in [2.24, 2.45) is 0 Å². The van der Waals surface area contributed by atoms with Gasteiger partial charge in [0.1, 0.15) is 17.5 Å². The number of amides is 1. The van der Waals surface area contributed by atoms with Crippen LogP contribution in [0.4, 0.5) is 21.6 Å². The first-order valence-corrected chi connectivity index (χ1v) is 22.3. The second kappa shape index (κ2) is 17.0. The highest BCUT2D eigenvalue weighted by molar-refractivity contribution is 5.94. The van der Waals surface area contributed by atoms with E-state index in [1.165, 1.54) is 35.7 Å². The average Bonchev–Trinajstić information content (AvgIpc) is 3.64. The molecule has 2 unspecified atom stereocenters. The Hall–Kier alpha value is -5.50. The zero-order valence-corrected chi connectivity index (χ0v) is 35.4. The summed E-state index contributed by atoms with van der Waals surface area (Å²) in [4.78, 5) is 21.9. The van der Waals surface area contributed by atoms with Crippen LogP contribution in [0.3, 0.4) is 0 Å². The van der Waals surface area contributed by atoms with Crippen LogP contribution in [0, 0.1) is 6.92 Å². The van der Waals surface area contributed by atoms with Crippen molar-refractivity contribution in [1.29, 1.82) is 0 Å². The summed E-state index contributed by atoms with van der Waals surface area (Å²) in [6.07, 6.45) is 11.9. The highest BCUT2D eigenvalue weighted by Gasteiger charge is 2.39. The summed E-state index contributed by atoms with van der Waals surface area (Å²) < 4.78 is 41.8. The van der Waals surface area contributed by atoms with Crippen LogP contribution in [0.15, 0.2) is 85.2 Å². The molecule has 5 aliphatic rings. The summed E-state index contributed by atoms with van der Waals surface area (Å²) in [6, 6.07) is 21.6. The maximum absolute atomic E-state index is 16.6. The number of morpholine rings is 1. The Bertz CT molecular complexity index is 2550. The monoisotopic (exact) mass is 841 g/mol. The number of aryl methyl sites for hydroxylation is 1. The van der Waals surface area contributed by atoms with Crippen molar-refractivity contribution in [3.63, 3.8) is 0 Å². The number of halogens is 1. The lowest BCUT2D eigenvalue weighted by Gasteiger charge is -2.41. The van der Waals surface area contributed by atoms with E-state index in [9.17, 15) is 9.90 Å². The van der Waals surface area contributed by atoms with Gasteiger partial charge in [0.15, 0.2) is 5.82 Å². The number of carbonyl (C=O) groups is 1. The van der Waals surface area contributed by atoms with Gasteiger partial charge in [-0.15, -0.1) is 10.2 Å². The molecule has 10 rings (SSSR count). The standard InChI is InChI=1S/C49H58FN9O3/c1-33-26-35(10-12-38(33)46-30-57(24-25-62-46)44-28-42(53-54-47(44)51)40-8-2-3-9-45(40)60)48(61)56-22-16-49(50,17-23-56)31-55-20-14-34(15-21-55)41-29-59(36-6-4-7-36)43-27-37(11-13-39(41)43)58-19-5-18-52-32-58/h2-3,5,8-13,19,26-29,34,36,46,52,60H,4,6-7,14-18,20-25,30-32H2,1H3,(H2,51,54)/i18D,32D/t18?,32-,46?/m1/s1. The molecule has 3 atom stereocenters. The van der Waals surface area contributed by atoms with Gasteiger partial charge in [0.05, 0.1) is 31.5 Å². The number of fused-ring (bicyclic) bond motifs is 1. The Kier molecular flexibility index (Phi) is 10.5. The molecule has 2 aromatic heterocycles. The quantitative estimate of drug-likeness (QED) is 0.136. The number of likely N-dealkylation sites (tertiary alicyclic amines) is 2. The predicted molar refractivity (Wildman–Crippen MR) is 242 cm³/mol. The third-order valence-electron chi connectivity index (χ3n) is 14.0. The minimum absolute atomic E-state index is 0.0747. The molecular formula is C49H58FN9O3. The third-order valence-corrected chi connectivity index (χ3v) is 14.0. The summed E-state index contributed by atoms with van der Waals surface area (Å²) >= 11 is 0. The van der Waals surface area contributed by atoms with Crippen LogP contribution in [0.1, 0.15) is 92.8 Å². The highest BCUT2D eigenvalue weighted by atomic mass is 19.1. The van der Waals surface area contributed by atoms with E-state index in [-0.39, 0.29) is 17.8 Å². The van der Waals surface area contributed by atoms with Crippen LogP contribution in [0.2, 0.25) is 0 Å². The molecule has 0 spiro atoms. The maximum atomic E-state index is 16.6. The van der Waals surface area contributed by atoms with Gasteiger partial charge in [-0.1, -0.05) is 30.3 Å². The first-order valence-electron chi connectivity index (χ1n) is 23.5. The molecule has 1 amide bonds. The van der Waals surface area contributed by atoms with Crippen LogP contribution in [-0.2, 0) is 4.74 Å². The normalized spacial score (nSPS) is 24.2. The Labute approximate surface area is 365 Å². The third kappa shape index (κ3) is 8.02. The van der Waals surface area contributed by atoms with E-state index in [1.54, 1.807) is 29.2 Å². The molecule has 1 aliphatic carbocycles. The first kappa shape index (κ1) is 38.2. The molecule has 0 radical (unpaired) electrons. The second-order valence-electron chi connectivity index (χ2n) is 17.9. The van der Waals surface area contributed by atoms with Gasteiger partial charge in [0.2, 0.25) is 0 Å². The number of phenolic OH excluding ortho intramolecular Hbond substituents is 1. The smallest absolute Gasteiger partial charge is 0.253 e. The number of hydrogen-bond donors (Lipinski definition) is 3. The molecule has 4 aliphatic heterocycles. The molecule has 6 heterocycles. The summed E-state index contributed by atoms with van der Waals surface area (Å²) in [6.45, 7) is 5.16. The highest BCUT2D eigenvalue weighted by Crippen LogP contribution is 2.42. The van der Waals surface area contributed by atoms with Crippen molar-refractivity contribution in [2.75, 3.05) is 81.1 Å². The summed E-state index contributed by atoms with van der Waals surface area (Å²) in [5.74, 6) is 0.739. The lowest BCUT2D eigenvalue weighted by atomic mass is 9.87. The number of nitrogen functional groups attached to an aromatic ring is 1. The van der Waals surface area contributed by atoms with Gasteiger partial charge in [-0.3, -0.25) is 10.1 Å². The van der Waals surface area contributed by atoms with Gasteiger partial charge >= 0.3 is 0 Å². The van der Waals surface area contributed by atoms with Crippen LogP contribution in [0.25, 0.3) is 22.2 Å². The number of hydrogen-bond acceptors (Lipinski definition) is 10. The zero-order valence-electron chi connectivity index (χ0n) is 37.4. The van der Waals surface area contributed by atoms with Crippen molar-refractivity contribution in [3.05, 3.63) is 107 Å². The number of alkyl halides is 1. The number of para-hydroxylation sites is 1. The Morgan fingerprint density at radius 2 is 1.82 bits per heavy atom. The van der Waals surface area contributed by atoms with E-state index in [0.29, 0.717) is 86.8 Å². The van der Waals surface area contributed by atoms with E-state index < -0.39 is 18.8 Å². The lowest BCUT2D eigenvalue weighted by molar-refractivity contribution is 0.0176. The minimum atomic E-state index is -1.34. The number of piperidine rings is 2. The van der Waals surface area contributed by atoms with Crippen LogP contribution in [-0.4, -0.2) is 107 Å². The molecule has 62 heavy (non-hydrogen) atoms. The minimum Gasteiger partial charge on any atom is -0.507 e. The molecule has 12 nitrogen and oxygen atoms in total. The Morgan fingerprint density at radius 3 is 2.58 bits per heavy atom. The average molecular weight is 842 g/mol. The van der Waals surface area contributed by atoms with E-state index in [1.807, 2.05) is 48.4 Å². The Balaban J connectivity index is 0.742. The number of aromatic nitrogens is 3. The fourth-order valence-corrected chi connectivity index (χ4v) is 10.2. The summed E-state index contributed by atoms with van der Waals surface area (Å²) in [7, 11) is 0. The lowest BCUT2D eigenvalue weighted by Crippen LogP contribution is -2.51. The van der Waals surface area contributed by atoms with Gasteiger partial charge in [-0.25, -0.2) is 4.39 Å². The number of anilines is 3. The summed E-state index contributed by atoms with van der Waals surface area (Å²) in [5.41, 5.74) is 12.9. The number of benzene rings is 3. The topological polar surface area (TPSA) is 128 Å². The van der Waals surface area contributed by atoms with E-state index in [4.69, 9.17) is 13.2 Å². The van der Waals surface area contributed by atoms with Gasteiger partial charge < -0.3 is 39.7 Å². The van der Waals surface area contributed by atoms with Gasteiger partial charge in [-0.05, 0) is 117 Å². The van der Waals surface area contributed by atoms with Crippen LogP contribution < -0.4 is 20.9 Å². The molecule has 5 aromatic rings. The number of rotatable bonds is 9. The molecular weight excluding hydrogens is 782 g/mol. The van der Waals surface area contributed by atoms with Crippen molar-refractivity contribution < 1.29 is 21.8 Å². The predicted octanol–water partition coefficient (Wildman–Crippen LogP) is 7.70. The van der Waals surface area contributed by atoms with E-state index >= 15 is 4.39 Å². The molecule has 3 saturated heterocycles. The number of carbonyl (C=O) groups excluding carboxylic acids is 1. The number of aromatic hydroxyl groups is 1. The first-order chi connectivity index (χ1) is 31.0.